The highest BCUT2D eigenvalue weighted by Gasteiger charge is 2.32. The summed E-state index contributed by atoms with van der Waals surface area (Å²) >= 11 is 0. The van der Waals surface area contributed by atoms with E-state index in [1.807, 2.05) is 19.9 Å². The number of likely N-dealkylation sites (tertiary alicyclic amines) is 1. The van der Waals surface area contributed by atoms with Crippen molar-refractivity contribution in [3.8, 4) is 5.75 Å². The van der Waals surface area contributed by atoms with Crippen molar-refractivity contribution < 1.29 is 14.4 Å². The Balaban J connectivity index is 1.46. The molecule has 0 radical (unpaired) electrons. The van der Waals surface area contributed by atoms with E-state index >= 15 is 0 Å². The van der Waals surface area contributed by atoms with Crippen molar-refractivity contribution in [2.45, 2.75) is 52.2 Å². The first-order chi connectivity index (χ1) is 12.6. The van der Waals surface area contributed by atoms with Crippen LogP contribution in [0.15, 0.2) is 22.7 Å². The number of hydrogen-bond acceptors (Lipinski definition) is 5. The van der Waals surface area contributed by atoms with Gasteiger partial charge in [-0.15, -0.1) is 0 Å². The third-order valence-corrected chi connectivity index (χ3v) is 5.59. The third kappa shape index (κ3) is 3.64. The first-order valence-electron chi connectivity index (χ1n) is 9.72. The van der Waals surface area contributed by atoms with E-state index < -0.39 is 0 Å². The van der Waals surface area contributed by atoms with Gasteiger partial charge in [0.05, 0.1) is 18.4 Å². The summed E-state index contributed by atoms with van der Waals surface area (Å²) in [5.41, 5.74) is 5.05. The maximum Gasteiger partial charge on any atom is 0.137 e. The lowest BCUT2D eigenvalue weighted by Gasteiger charge is -2.19. The molecule has 0 bridgehead atoms. The summed E-state index contributed by atoms with van der Waals surface area (Å²) in [6, 6.07) is 6.53. The zero-order chi connectivity index (χ0) is 18.1. The van der Waals surface area contributed by atoms with Crippen LogP contribution in [-0.4, -0.2) is 41.0 Å². The van der Waals surface area contributed by atoms with Crippen LogP contribution in [0.5, 0.6) is 5.75 Å². The van der Waals surface area contributed by atoms with Crippen molar-refractivity contribution in [1.82, 2.24) is 10.1 Å². The maximum atomic E-state index is 10.5. The predicted molar refractivity (Wildman–Crippen MR) is 99.4 cm³/mol. The van der Waals surface area contributed by atoms with Crippen molar-refractivity contribution >= 4 is 0 Å². The Hall–Kier alpha value is -1.85. The molecule has 1 fully saturated rings. The Labute approximate surface area is 154 Å². The van der Waals surface area contributed by atoms with Crippen LogP contribution in [0.3, 0.4) is 0 Å². The van der Waals surface area contributed by atoms with Gasteiger partial charge in [0.1, 0.15) is 11.5 Å². The Morgan fingerprint density at radius 1 is 1.23 bits per heavy atom. The van der Waals surface area contributed by atoms with Gasteiger partial charge in [-0.3, -0.25) is 4.90 Å². The smallest absolute Gasteiger partial charge is 0.137 e. The number of ether oxygens (including phenoxy) is 1. The summed E-state index contributed by atoms with van der Waals surface area (Å²) in [5, 5.41) is 14.4. The first kappa shape index (κ1) is 17.6. The number of aromatic nitrogens is 1. The lowest BCUT2D eigenvalue weighted by molar-refractivity contribution is 0.137. The highest BCUT2D eigenvalue weighted by atomic mass is 16.5. The van der Waals surface area contributed by atoms with Gasteiger partial charge in [-0.05, 0) is 50.3 Å². The minimum Gasteiger partial charge on any atom is -0.494 e. The third-order valence-electron chi connectivity index (χ3n) is 5.59. The molecule has 1 aromatic carbocycles. The van der Waals surface area contributed by atoms with Crippen molar-refractivity contribution in [2.24, 2.45) is 5.92 Å². The Morgan fingerprint density at radius 3 is 2.77 bits per heavy atom. The normalized spacial score (nSPS) is 22.7. The molecule has 2 aromatic rings. The molecule has 1 saturated heterocycles. The van der Waals surface area contributed by atoms with Gasteiger partial charge in [0, 0.05) is 43.6 Å². The maximum absolute atomic E-state index is 10.5. The van der Waals surface area contributed by atoms with Crippen molar-refractivity contribution in [2.75, 3.05) is 19.7 Å². The van der Waals surface area contributed by atoms with Gasteiger partial charge >= 0.3 is 0 Å². The monoisotopic (exact) mass is 356 g/mol. The summed E-state index contributed by atoms with van der Waals surface area (Å²) in [5.74, 6) is 2.06. The van der Waals surface area contributed by atoms with Crippen molar-refractivity contribution in [1.29, 1.82) is 0 Å². The molecule has 0 saturated carbocycles. The molecule has 0 spiro atoms. The average Bonchev–Trinajstić information content (AvgIpc) is 3.30. The SMILES string of the molecule is CCOc1cc2c(cc1CN1C[C@@H](Cc3cc(C)no3)[C@@H](O)C1)CCC2. The number of β-amino-alcohol motifs (C(OH)–C–C–N with tert-alkyl or cyclic N) is 1. The molecule has 26 heavy (non-hydrogen) atoms. The number of nitrogens with zero attached hydrogens (tertiary/aromatic N) is 2. The molecule has 2 atom stereocenters. The number of benzene rings is 1. The lowest BCUT2D eigenvalue weighted by atomic mass is 10.0. The summed E-state index contributed by atoms with van der Waals surface area (Å²) in [6.45, 7) is 7.02. The van der Waals surface area contributed by atoms with E-state index in [0.717, 1.165) is 43.1 Å². The number of fused-ring (bicyclic) bond motifs is 1. The molecule has 1 aromatic heterocycles. The molecule has 1 aliphatic carbocycles. The Bertz CT molecular complexity index is 771. The molecule has 5 nitrogen and oxygen atoms in total. The van der Waals surface area contributed by atoms with E-state index in [1.54, 1.807) is 0 Å². The van der Waals surface area contributed by atoms with Crippen LogP contribution in [-0.2, 0) is 25.8 Å². The molecular weight excluding hydrogens is 328 g/mol. The van der Waals surface area contributed by atoms with Gasteiger partial charge in [-0.1, -0.05) is 11.2 Å². The van der Waals surface area contributed by atoms with Crippen LogP contribution < -0.4 is 4.74 Å². The van der Waals surface area contributed by atoms with Gasteiger partial charge < -0.3 is 14.4 Å². The van der Waals surface area contributed by atoms with Crippen LogP contribution in [0, 0.1) is 12.8 Å². The largest absolute Gasteiger partial charge is 0.494 e. The molecule has 4 rings (SSSR count). The molecule has 1 N–H and O–H groups in total. The van der Waals surface area contributed by atoms with Gasteiger partial charge in [-0.25, -0.2) is 0 Å². The standard InChI is InChI=1S/C21H28N2O3/c1-3-25-21-10-16-6-4-5-15(16)8-18(21)12-23-11-17(20(24)13-23)9-19-7-14(2)22-26-19/h7-8,10,17,20,24H,3-6,9,11-13H2,1-2H3/t17-,20+/m1/s1. The molecule has 0 unspecified atom stereocenters. The second-order valence-electron chi connectivity index (χ2n) is 7.68. The van der Waals surface area contributed by atoms with Crippen LogP contribution in [0.25, 0.3) is 0 Å². The zero-order valence-corrected chi connectivity index (χ0v) is 15.7. The zero-order valence-electron chi connectivity index (χ0n) is 15.7. The second-order valence-corrected chi connectivity index (χ2v) is 7.68. The van der Waals surface area contributed by atoms with Crippen LogP contribution in [0.2, 0.25) is 0 Å². The minimum atomic E-state index is -0.328. The molecule has 2 heterocycles. The van der Waals surface area contributed by atoms with Crippen LogP contribution in [0.1, 0.15) is 41.5 Å². The summed E-state index contributed by atoms with van der Waals surface area (Å²) in [7, 11) is 0. The fourth-order valence-corrected chi connectivity index (χ4v) is 4.35. The number of aliphatic hydroxyl groups is 1. The first-order valence-corrected chi connectivity index (χ1v) is 9.72. The second kappa shape index (κ2) is 7.41. The summed E-state index contributed by atoms with van der Waals surface area (Å²) < 4.78 is 11.2. The van der Waals surface area contributed by atoms with Crippen LogP contribution >= 0.6 is 0 Å². The van der Waals surface area contributed by atoms with E-state index in [1.165, 1.54) is 29.5 Å². The topological polar surface area (TPSA) is 58.7 Å². The van der Waals surface area contributed by atoms with E-state index in [2.05, 4.69) is 22.2 Å². The fourth-order valence-electron chi connectivity index (χ4n) is 4.35. The highest BCUT2D eigenvalue weighted by molar-refractivity contribution is 5.45. The molecule has 5 heteroatoms. The van der Waals surface area contributed by atoms with Gasteiger partial charge in [0.25, 0.3) is 0 Å². The predicted octanol–water partition coefficient (Wildman–Crippen LogP) is 2.91. The molecular formula is C21H28N2O3. The average molecular weight is 356 g/mol. The van der Waals surface area contributed by atoms with E-state index in [4.69, 9.17) is 9.26 Å². The summed E-state index contributed by atoms with van der Waals surface area (Å²) in [6.07, 6.45) is 3.99. The summed E-state index contributed by atoms with van der Waals surface area (Å²) in [4.78, 5) is 2.33. The van der Waals surface area contributed by atoms with Gasteiger partial charge in [-0.2, -0.15) is 0 Å². The number of aryl methyl sites for hydroxylation is 3. The number of hydrogen-bond donors (Lipinski definition) is 1. The van der Waals surface area contributed by atoms with Crippen molar-refractivity contribution in [3.63, 3.8) is 0 Å². The Morgan fingerprint density at radius 2 is 2.04 bits per heavy atom. The number of rotatable bonds is 6. The molecule has 2 aliphatic rings. The lowest BCUT2D eigenvalue weighted by Crippen LogP contribution is -2.22. The van der Waals surface area contributed by atoms with E-state index in [9.17, 15) is 5.11 Å². The quantitative estimate of drug-likeness (QED) is 0.862. The van der Waals surface area contributed by atoms with Gasteiger partial charge in [0.15, 0.2) is 0 Å². The Kier molecular flexibility index (Phi) is 5.00. The molecule has 140 valence electrons. The van der Waals surface area contributed by atoms with Gasteiger partial charge in [0.2, 0.25) is 0 Å². The van der Waals surface area contributed by atoms with Crippen LogP contribution in [0.4, 0.5) is 0 Å². The van der Waals surface area contributed by atoms with E-state index in [0.29, 0.717) is 13.2 Å². The highest BCUT2D eigenvalue weighted by Crippen LogP contribution is 2.32. The van der Waals surface area contributed by atoms with E-state index in [-0.39, 0.29) is 12.0 Å². The minimum absolute atomic E-state index is 0.187. The fraction of sp³-hybridized carbons (Fsp3) is 0.571. The van der Waals surface area contributed by atoms with Crippen molar-refractivity contribution in [3.05, 3.63) is 46.3 Å². The molecule has 1 aliphatic heterocycles. The number of aliphatic hydroxyl groups excluding tert-OH is 1. The molecule has 0 amide bonds.